The monoisotopic (exact) mass is 427 g/mol. The Morgan fingerprint density at radius 1 is 1.20 bits per heavy atom. The minimum atomic E-state index is -1.60. The maximum Gasteiger partial charge on any atom is 0.343 e. The first-order valence-corrected chi connectivity index (χ1v) is 11.5. The molecule has 0 amide bonds. The Kier molecular flexibility index (Phi) is 6.39. The number of carbonyl (C=O) groups excluding carboxylic acids is 1. The lowest BCUT2D eigenvalue weighted by Gasteiger charge is -2.33. The molecule has 0 spiro atoms. The van der Waals surface area contributed by atoms with Crippen LogP contribution >= 0.6 is 11.3 Å². The second kappa shape index (κ2) is 9.18. The average molecular weight is 428 g/mol. The molecule has 4 rings (SSSR count). The molecule has 0 bridgehead atoms. The smallest absolute Gasteiger partial charge is 0.343 e. The van der Waals surface area contributed by atoms with Crippen molar-refractivity contribution in [2.24, 2.45) is 5.92 Å². The lowest BCUT2D eigenvalue weighted by atomic mass is 9.80. The maximum atomic E-state index is 13.2. The first-order valence-electron chi connectivity index (χ1n) is 10.7. The molecular weight excluding hydrogens is 398 g/mol. The summed E-state index contributed by atoms with van der Waals surface area (Å²) in [5.74, 6) is -0.322. The molecule has 1 saturated heterocycles. The molecule has 0 unspecified atom stereocenters. The number of rotatable bonds is 6. The Morgan fingerprint density at radius 3 is 2.67 bits per heavy atom. The van der Waals surface area contributed by atoms with Gasteiger partial charge in [0.25, 0.3) is 0 Å². The SMILES string of the molecule is N=C(NCc1cccs1)N1CC[C@@H](OC(=O)[C@](O)(c2ccccc2)C2CCCC2)C1. The van der Waals surface area contributed by atoms with Crippen LogP contribution in [0.3, 0.4) is 0 Å². The predicted octanol–water partition coefficient (Wildman–Crippen LogP) is 3.47. The van der Waals surface area contributed by atoms with Gasteiger partial charge in [-0.3, -0.25) is 5.41 Å². The summed E-state index contributed by atoms with van der Waals surface area (Å²) in [5, 5.41) is 25.0. The van der Waals surface area contributed by atoms with E-state index in [9.17, 15) is 9.90 Å². The summed E-state index contributed by atoms with van der Waals surface area (Å²) < 4.78 is 5.82. The molecule has 1 aliphatic carbocycles. The molecule has 2 atom stereocenters. The van der Waals surface area contributed by atoms with Crippen LogP contribution < -0.4 is 5.32 Å². The van der Waals surface area contributed by atoms with Crippen LogP contribution in [-0.2, 0) is 21.7 Å². The summed E-state index contributed by atoms with van der Waals surface area (Å²) in [6.45, 7) is 1.74. The Hall–Kier alpha value is -2.38. The highest BCUT2D eigenvalue weighted by Crippen LogP contribution is 2.41. The van der Waals surface area contributed by atoms with E-state index in [2.05, 4.69) is 5.32 Å². The van der Waals surface area contributed by atoms with E-state index in [1.807, 2.05) is 52.7 Å². The number of hydrogen-bond acceptors (Lipinski definition) is 5. The molecule has 30 heavy (non-hydrogen) atoms. The number of hydrogen-bond donors (Lipinski definition) is 3. The molecule has 2 aliphatic rings. The van der Waals surface area contributed by atoms with Gasteiger partial charge in [0.15, 0.2) is 11.6 Å². The number of nitrogens with zero attached hydrogens (tertiary/aromatic N) is 1. The van der Waals surface area contributed by atoms with Gasteiger partial charge in [-0.2, -0.15) is 0 Å². The normalized spacial score (nSPS) is 21.4. The van der Waals surface area contributed by atoms with Crippen LogP contribution in [0.5, 0.6) is 0 Å². The number of benzene rings is 1. The highest BCUT2D eigenvalue weighted by Gasteiger charge is 2.48. The van der Waals surface area contributed by atoms with Crippen molar-refractivity contribution in [1.29, 1.82) is 5.41 Å². The molecule has 1 aromatic heterocycles. The molecule has 1 aliphatic heterocycles. The van der Waals surface area contributed by atoms with Gasteiger partial charge < -0.3 is 20.1 Å². The van der Waals surface area contributed by atoms with Gasteiger partial charge in [-0.1, -0.05) is 49.2 Å². The van der Waals surface area contributed by atoms with Crippen molar-refractivity contribution in [1.82, 2.24) is 10.2 Å². The number of guanidine groups is 1. The molecular formula is C23H29N3O3S. The van der Waals surface area contributed by atoms with E-state index in [4.69, 9.17) is 10.1 Å². The summed E-state index contributed by atoms with van der Waals surface area (Å²) in [6.07, 6.45) is 4.04. The molecule has 1 aromatic carbocycles. The van der Waals surface area contributed by atoms with Gasteiger partial charge in [-0.25, -0.2) is 4.79 Å². The van der Waals surface area contributed by atoms with E-state index in [1.54, 1.807) is 11.3 Å². The highest BCUT2D eigenvalue weighted by molar-refractivity contribution is 7.09. The van der Waals surface area contributed by atoms with Crippen molar-refractivity contribution >= 4 is 23.3 Å². The lowest BCUT2D eigenvalue weighted by molar-refractivity contribution is -0.178. The fourth-order valence-electron chi connectivity index (χ4n) is 4.52. The number of carbonyl (C=O) groups is 1. The van der Waals surface area contributed by atoms with Gasteiger partial charge in [-0.15, -0.1) is 11.3 Å². The van der Waals surface area contributed by atoms with E-state index >= 15 is 0 Å². The van der Waals surface area contributed by atoms with Crippen molar-refractivity contribution in [2.45, 2.75) is 50.4 Å². The molecule has 160 valence electrons. The Labute approximate surface area is 181 Å². The summed E-state index contributed by atoms with van der Waals surface area (Å²) in [6, 6.07) is 13.2. The molecule has 0 radical (unpaired) electrons. The average Bonchev–Trinajstić information content (AvgIpc) is 3.55. The van der Waals surface area contributed by atoms with Crippen molar-refractivity contribution in [3.8, 4) is 0 Å². The molecule has 2 aromatic rings. The third-order valence-electron chi connectivity index (χ3n) is 6.22. The minimum absolute atomic E-state index is 0.115. The van der Waals surface area contributed by atoms with Gasteiger partial charge in [0.2, 0.25) is 0 Å². The van der Waals surface area contributed by atoms with Gasteiger partial charge in [0.1, 0.15) is 6.10 Å². The van der Waals surface area contributed by atoms with Crippen molar-refractivity contribution < 1.29 is 14.6 Å². The zero-order chi connectivity index (χ0) is 21.0. The zero-order valence-electron chi connectivity index (χ0n) is 17.0. The number of likely N-dealkylation sites (tertiary alicyclic amines) is 1. The quantitative estimate of drug-likeness (QED) is 0.373. The van der Waals surface area contributed by atoms with Gasteiger partial charge in [0.05, 0.1) is 13.1 Å². The standard InChI is InChI=1S/C23H29N3O3S/c24-22(25-15-20-11-6-14-30-20)26-13-12-19(16-26)29-21(27)23(28,18-9-4-5-10-18)17-7-2-1-3-8-17/h1-3,6-8,11,14,18-19,28H,4-5,9-10,12-13,15-16H2,(H2,24,25)/t19-,23+/m1/s1. The molecule has 1 saturated carbocycles. The minimum Gasteiger partial charge on any atom is -0.458 e. The maximum absolute atomic E-state index is 13.2. The highest BCUT2D eigenvalue weighted by atomic mass is 32.1. The summed E-state index contributed by atoms with van der Waals surface area (Å²) in [5.41, 5.74) is -0.988. The zero-order valence-corrected chi connectivity index (χ0v) is 17.9. The van der Waals surface area contributed by atoms with Crippen molar-refractivity contribution in [3.05, 3.63) is 58.3 Å². The van der Waals surface area contributed by atoms with Crippen LogP contribution in [0.25, 0.3) is 0 Å². The van der Waals surface area contributed by atoms with Gasteiger partial charge in [0, 0.05) is 23.8 Å². The lowest BCUT2D eigenvalue weighted by Crippen LogP contribution is -2.45. The summed E-state index contributed by atoms with van der Waals surface area (Å²) in [4.78, 5) is 16.3. The van der Waals surface area contributed by atoms with Gasteiger partial charge in [-0.05, 0) is 29.9 Å². The number of nitrogens with one attached hydrogen (secondary N) is 2. The van der Waals surface area contributed by atoms with E-state index in [0.29, 0.717) is 37.6 Å². The van der Waals surface area contributed by atoms with Crippen LogP contribution in [0, 0.1) is 11.3 Å². The summed E-state index contributed by atoms with van der Waals surface area (Å²) in [7, 11) is 0. The number of ether oxygens (including phenoxy) is 1. The van der Waals surface area contributed by atoms with Crippen LogP contribution in [0.2, 0.25) is 0 Å². The molecule has 6 nitrogen and oxygen atoms in total. The first kappa shape index (κ1) is 20.9. The number of aliphatic hydroxyl groups is 1. The van der Waals surface area contributed by atoms with E-state index < -0.39 is 11.6 Å². The molecule has 3 N–H and O–H groups in total. The first-order chi connectivity index (χ1) is 14.6. The molecule has 2 heterocycles. The number of thiophene rings is 1. The largest absolute Gasteiger partial charge is 0.458 e. The Bertz CT molecular complexity index is 852. The van der Waals surface area contributed by atoms with Crippen molar-refractivity contribution in [2.75, 3.05) is 13.1 Å². The van der Waals surface area contributed by atoms with Gasteiger partial charge >= 0.3 is 5.97 Å². The van der Waals surface area contributed by atoms with E-state index in [0.717, 1.165) is 25.7 Å². The Balaban J connectivity index is 1.38. The van der Waals surface area contributed by atoms with Crippen molar-refractivity contribution in [3.63, 3.8) is 0 Å². The van der Waals surface area contributed by atoms with Crippen LogP contribution in [0.4, 0.5) is 0 Å². The van der Waals surface area contributed by atoms with E-state index in [-0.39, 0.29) is 12.0 Å². The Morgan fingerprint density at radius 2 is 1.97 bits per heavy atom. The van der Waals surface area contributed by atoms with Crippen LogP contribution in [-0.4, -0.2) is 41.1 Å². The topological polar surface area (TPSA) is 85.7 Å². The fourth-order valence-corrected chi connectivity index (χ4v) is 5.17. The molecule has 2 fully saturated rings. The van der Waals surface area contributed by atoms with Crippen LogP contribution in [0.1, 0.15) is 42.5 Å². The fraction of sp³-hybridized carbons (Fsp3) is 0.478. The number of esters is 1. The summed E-state index contributed by atoms with van der Waals surface area (Å²) >= 11 is 1.65. The molecule has 7 heteroatoms. The third-order valence-corrected chi connectivity index (χ3v) is 7.09. The predicted molar refractivity (Wildman–Crippen MR) is 117 cm³/mol. The van der Waals surface area contributed by atoms with E-state index in [1.165, 1.54) is 4.88 Å². The second-order valence-electron chi connectivity index (χ2n) is 8.16. The van der Waals surface area contributed by atoms with Crippen LogP contribution in [0.15, 0.2) is 47.8 Å². The second-order valence-corrected chi connectivity index (χ2v) is 9.19. The third kappa shape index (κ3) is 4.37.